The van der Waals surface area contributed by atoms with Crippen LogP contribution in [-0.2, 0) is 11.2 Å². The number of amides is 1. The summed E-state index contributed by atoms with van der Waals surface area (Å²) < 4.78 is 11.0. The number of carbonyl (C=O) groups is 1. The fraction of sp³-hybridized carbons (Fsp3) is 0.333. The summed E-state index contributed by atoms with van der Waals surface area (Å²) in [6.07, 6.45) is 3.69. The van der Waals surface area contributed by atoms with Crippen molar-refractivity contribution in [1.82, 2.24) is 19.9 Å². The van der Waals surface area contributed by atoms with Gasteiger partial charge in [-0.15, -0.1) is 0 Å². The molecule has 0 atom stereocenters. The highest BCUT2D eigenvalue weighted by molar-refractivity contribution is 5.79. The maximum Gasteiger partial charge on any atom is 0.228 e. The van der Waals surface area contributed by atoms with E-state index >= 15 is 0 Å². The third-order valence-corrected chi connectivity index (χ3v) is 5.02. The summed E-state index contributed by atoms with van der Waals surface area (Å²) in [6, 6.07) is 9.29. The molecule has 3 aromatic rings. The number of hydrogen-bond acceptors (Lipinski definition) is 7. The molecule has 1 amide bonds. The van der Waals surface area contributed by atoms with Gasteiger partial charge in [-0.3, -0.25) is 4.79 Å². The number of anilines is 1. The first-order valence-corrected chi connectivity index (χ1v) is 9.54. The zero-order valence-electron chi connectivity index (χ0n) is 16.5. The van der Waals surface area contributed by atoms with Crippen molar-refractivity contribution in [3.05, 3.63) is 54.2 Å². The summed E-state index contributed by atoms with van der Waals surface area (Å²) in [6.45, 7) is 4.54. The molecule has 0 aliphatic carbocycles. The molecule has 8 nitrogen and oxygen atoms in total. The lowest BCUT2D eigenvalue weighted by Crippen LogP contribution is -2.49. The van der Waals surface area contributed by atoms with Crippen LogP contribution in [-0.4, -0.2) is 59.0 Å². The molecule has 0 spiro atoms. The Balaban J connectivity index is 1.38. The van der Waals surface area contributed by atoms with Gasteiger partial charge in [0.2, 0.25) is 17.7 Å². The van der Waals surface area contributed by atoms with Crippen molar-refractivity contribution in [2.24, 2.45) is 0 Å². The average molecular weight is 393 g/mol. The van der Waals surface area contributed by atoms with E-state index in [1.807, 2.05) is 36.1 Å². The predicted molar refractivity (Wildman–Crippen MR) is 108 cm³/mol. The number of ether oxygens (including phenoxy) is 1. The number of methoxy groups -OCH3 is 1. The Labute approximate surface area is 169 Å². The van der Waals surface area contributed by atoms with Crippen molar-refractivity contribution >= 4 is 11.9 Å². The molecule has 150 valence electrons. The lowest BCUT2D eigenvalue weighted by atomic mass is 10.2. The van der Waals surface area contributed by atoms with Gasteiger partial charge in [-0.1, -0.05) is 0 Å². The maximum absolute atomic E-state index is 12.8. The third-order valence-electron chi connectivity index (χ3n) is 5.02. The van der Waals surface area contributed by atoms with Crippen LogP contribution in [0.15, 0.2) is 47.1 Å². The zero-order valence-corrected chi connectivity index (χ0v) is 16.5. The molecule has 1 aromatic carbocycles. The largest absolute Gasteiger partial charge is 0.497 e. The van der Waals surface area contributed by atoms with Crippen LogP contribution >= 0.6 is 0 Å². The smallest absolute Gasteiger partial charge is 0.228 e. The normalized spacial score (nSPS) is 14.1. The molecule has 29 heavy (non-hydrogen) atoms. The van der Waals surface area contributed by atoms with Crippen molar-refractivity contribution in [3.8, 4) is 17.2 Å². The third kappa shape index (κ3) is 4.21. The van der Waals surface area contributed by atoms with Crippen molar-refractivity contribution < 1.29 is 13.9 Å². The number of oxazole rings is 1. The molecular weight excluding hydrogens is 370 g/mol. The minimum absolute atomic E-state index is 0.0521. The van der Waals surface area contributed by atoms with Crippen LogP contribution in [0, 0.1) is 6.92 Å². The quantitative estimate of drug-likeness (QED) is 0.658. The molecule has 4 rings (SSSR count). The SMILES string of the molecule is COc1ccc(-c2nc(CC(=O)N3CCN(c4ncccn4)CC3)c(C)o2)cc1. The van der Waals surface area contributed by atoms with E-state index in [2.05, 4.69) is 19.9 Å². The fourth-order valence-electron chi connectivity index (χ4n) is 3.31. The first-order chi connectivity index (χ1) is 14.1. The number of aryl methyl sites for hydroxylation is 1. The van der Waals surface area contributed by atoms with Gasteiger partial charge in [-0.05, 0) is 37.3 Å². The molecular formula is C21H23N5O3. The average Bonchev–Trinajstić information content (AvgIpc) is 3.14. The van der Waals surface area contributed by atoms with Gasteiger partial charge < -0.3 is 19.0 Å². The molecule has 0 N–H and O–H groups in total. The van der Waals surface area contributed by atoms with Crippen LogP contribution in [0.2, 0.25) is 0 Å². The number of carbonyl (C=O) groups excluding carboxylic acids is 1. The second kappa shape index (κ2) is 8.30. The second-order valence-corrected chi connectivity index (χ2v) is 6.84. The summed E-state index contributed by atoms with van der Waals surface area (Å²) in [7, 11) is 1.63. The predicted octanol–water partition coefficient (Wildman–Crippen LogP) is 2.34. The molecule has 2 aromatic heterocycles. The Morgan fingerprint density at radius 3 is 2.45 bits per heavy atom. The highest BCUT2D eigenvalue weighted by Gasteiger charge is 2.24. The number of piperazine rings is 1. The summed E-state index contributed by atoms with van der Waals surface area (Å²) in [5.74, 6) is 2.71. The van der Waals surface area contributed by atoms with E-state index in [1.54, 1.807) is 25.6 Å². The zero-order chi connectivity index (χ0) is 20.2. The summed E-state index contributed by atoms with van der Waals surface area (Å²) >= 11 is 0. The van der Waals surface area contributed by atoms with Gasteiger partial charge >= 0.3 is 0 Å². The van der Waals surface area contributed by atoms with E-state index in [9.17, 15) is 4.79 Å². The molecule has 1 fully saturated rings. The van der Waals surface area contributed by atoms with Crippen LogP contribution < -0.4 is 9.64 Å². The standard InChI is InChI=1S/C21H23N5O3/c1-15-18(24-20(29-15)16-4-6-17(28-2)7-5-16)14-19(27)25-10-12-26(13-11-25)21-22-8-3-9-23-21/h3-9H,10-14H2,1-2H3. The lowest BCUT2D eigenvalue weighted by molar-refractivity contribution is -0.130. The van der Waals surface area contributed by atoms with E-state index in [-0.39, 0.29) is 12.3 Å². The number of rotatable bonds is 5. The molecule has 1 aliphatic heterocycles. The fourth-order valence-corrected chi connectivity index (χ4v) is 3.31. The van der Waals surface area contributed by atoms with Gasteiger partial charge in [0.05, 0.1) is 19.2 Å². The number of nitrogens with zero attached hydrogens (tertiary/aromatic N) is 5. The van der Waals surface area contributed by atoms with Crippen LogP contribution in [0.1, 0.15) is 11.5 Å². The first-order valence-electron chi connectivity index (χ1n) is 9.54. The van der Waals surface area contributed by atoms with Gasteiger partial charge in [0, 0.05) is 44.1 Å². The Kier molecular flexibility index (Phi) is 5.41. The van der Waals surface area contributed by atoms with E-state index in [4.69, 9.17) is 9.15 Å². The number of hydrogen-bond donors (Lipinski definition) is 0. The summed E-state index contributed by atoms with van der Waals surface area (Å²) in [5.41, 5.74) is 1.53. The van der Waals surface area contributed by atoms with Gasteiger partial charge in [0.1, 0.15) is 11.5 Å². The molecule has 8 heteroatoms. The Bertz CT molecular complexity index is 964. The van der Waals surface area contributed by atoms with Gasteiger partial charge in [-0.2, -0.15) is 0 Å². The minimum atomic E-state index is 0.0521. The molecule has 0 unspecified atom stereocenters. The van der Waals surface area contributed by atoms with E-state index in [0.29, 0.717) is 49.5 Å². The minimum Gasteiger partial charge on any atom is -0.497 e. The molecule has 0 radical (unpaired) electrons. The van der Waals surface area contributed by atoms with Crippen molar-refractivity contribution in [2.75, 3.05) is 38.2 Å². The van der Waals surface area contributed by atoms with Crippen LogP contribution in [0.25, 0.3) is 11.5 Å². The van der Waals surface area contributed by atoms with Crippen LogP contribution in [0.3, 0.4) is 0 Å². The van der Waals surface area contributed by atoms with Crippen molar-refractivity contribution in [3.63, 3.8) is 0 Å². The lowest BCUT2D eigenvalue weighted by Gasteiger charge is -2.34. The molecule has 0 bridgehead atoms. The highest BCUT2D eigenvalue weighted by Crippen LogP contribution is 2.24. The number of aromatic nitrogens is 3. The van der Waals surface area contributed by atoms with Gasteiger partial charge in [0.25, 0.3) is 0 Å². The molecule has 1 aliphatic rings. The van der Waals surface area contributed by atoms with E-state index in [1.165, 1.54) is 0 Å². The maximum atomic E-state index is 12.8. The van der Waals surface area contributed by atoms with Crippen LogP contribution in [0.4, 0.5) is 5.95 Å². The van der Waals surface area contributed by atoms with Crippen molar-refractivity contribution in [2.45, 2.75) is 13.3 Å². The Morgan fingerprint density at radius 2 is 1.79 bits per heavy atom. The molecule has 1 saturated heterocycles. The molecule has 0 saturated carbocycles. The summed E-state index contributed by atoms with van der Waals surface area (Å²) in [5, 5.41) is 0. The van der Waals surface area contributed by atoms with E-state index < -0.39 is 0 Å². The first kappa shape index (κ1) is 18.9. The number of benzene rings is 1. The van der Waals surface area contributed by atoms with Crippen molar-refractivity contribution in [1.29, 1.82) is 0 Å². The van der Waals surface area contributed by atoms with E-state index in [0.717, 1.165) is 11.3 Å². The van der Waals surface area contributed by atoms with Gasteiger partial charge in [0.15, 0.2) is 0 Å². The Hall–Kier alpha value is -3.42. The highest BCUT2D eigenvalue weighted by atomic mass is 16.5. The summed E-state index contributed by atoms with van der Waals surface area (Å²) in [4.78, 5) is 29.8. The molecule has 3 heterocycles. The Morgan fingerprint density at radius 1 is 1.10 bits per heavy atom. The van der Waals surface area contributed by atoms with Gasteiger partial charge in [-0.25, -0.2) is 15.0 Å². The topological polar surface area (TPSA) is 84.6 Å². The second-order valence-electron chi connectivity index (χ2n) is 6.84. The van der Waals surface area contributed by atoms with Crippen LogP contribution in [0.5, 0.6) is 5.75 Å². The monoisotopic (exact) mass is 393 g/mol.